The molecule has 1 aromatic carbocycles. The number of pyridine rings is 1. The fourth-order valence-corrected chi connectivity index (χ4v) is 3.86. The summed E-state index contributed by atoms with van der Waals surface area (Å²) in [5.74, 6) is -0.104. The Labute approximate surface area is 185 Å². The minimum atomic E-state index is -0.0933. The van der Waals surface area contributed by atoms with Crippen molar-refractivity contribution in [2.24, 2.45) is 5.92 Å². The fraction of sp³-hybridized carbons (Fsp3) is 0.304. The van der Waals surface area contributed by atoms with Crippen molar-refractivity contribution in [1.29, 1.82) is 0 Å². The summed E-state index contributed by atoms with van der Waals surface area (Å²) in [6.45, 7) is 1.69. The van der Waals surface area contributed by atoms with Gasteiger partial charge in [-0.3, -0.25) is 19.7 Å². The van der Waals surface area contributed by atoms with Crippen LogP contribution in [0.25, 0.3) is 11.3 Å². The highest BCUT2D eigenvalue weighted by Gasteiger charge is 2.28. The Morgan fingerprint density at radius 3 is 2.65 bits per heavy atom. The fourth-order valence-electron chi connectivity index (χ4n) is 3.73. The molecule has 0 unspecified atom stereocenters. The van der Waals surface area contributed by atoms with Gasteiger partial charge in [0.1, 0.15) is 5.69 Å². The second-order valence-corrected chi connectivity index (χ2v) is 8.08. The van der Waals surface area contributed by atoms with Crippen molar-refractivity contribution in [3.63, 3.8) is 0 Å². The standard InChI is InChI=1S/C23H24ClN5O2/c24-19-5-3-16(4-6-19)7-11-26-22(30)17-8-12-29(13-9-17)23(31)21-14-20(27-28-21)18-2-1-10-25-15-18/h1-6,10,14-15,17H,7-9,11-13H2,(H,26,30)(H,27,28). The van der Waals surface area contributed by atoms with Crippen LogP contribution in [-0.4, -0.2) is 51.5 Å². The number of aromatic amines is 1. The molecule has 31 heavy (non-hydrogen) atoms. The van der Waals surface area contributed by atoms with E-state index in [1.54, 1.807) is 23.4 Å². The van der Waals surface area contributed by atoms with Crippen LogP contribution in [0, 0.1) is 5.92 Å². The van der Waals surface area contributed by atoms with E-state index in [4.69, 9.17) is 11.6 Å². The van der Waals surface area contributed by atoms with Crippen LogP contribution in [-0.2, 0) is 11.2 Å². The average molecular weight is 438 g/mol. The number of hydrogen-bond donors (Lipinski definition) is 2. The molecule has 1 saturated heterocycles. The molecular formula is C23H24ClN5O2. The van der Waals surface area contributed by atoms with E-state index in [1.165, 1.54) is 0 Å². The van der Waals surface area contributed by atoms with Gasteiger partial charge < -0.3 is 10.2 Å². The molecule has 3 heterocycles. The van der Waals surface area contributed by atoms with Gasteiger partial charge in [0, 0.05) is 48.5 Å². The van der Waals surface area contributed by atoms with Crippen molar-refractivity contribution in [2.75, 3.05) is 19.6 Å². The number of likely N-dealkylation sites (tertiary alicyclic amines) is 1. The zero-order valence-corrected chi connectivity index (χ0v) is 17.8. The molecule has 0 spiro atoms. The Balaban J connectivity index is 1.24. The smallest absolute Gasteiger partial charge is 0.271 e. The van der Waals surface area contributed by atoms with E-state index in [9.17, 15) is 9.59 Å². The van der Waals surface area contributed by atoms with E-state index < -0.39 is 0 Å². The topological polar surface area (TPSA) is 91.0 Å². The summed E-state index contributed by atoms with van der Waals surface area (Å²) in [5.41, 5.74) is 3.12. The maximum atomic E-state index is 12.8. The predicted octanol–water partition coefficient (Wildman–Crippen LogP) is 3.34. The SMILES string of the molecule is O=C(NCCc1ccc(Cl)cc1)C1CCN(C(=O)c2cc(-c3cccnc3)n[nH]2)CC1. The van der Waals surface area contributed by atoms with Gasteiger partial charge in [0.2, 0.25) is 5.91 Å². The number of piperidine rings is 1. The van der Waals surface area contributed by atoms with Gasteiger partial charge in [-0.05, 0) is 55.2 Å². The van der Waals surface area contributed by atoms with Gasteiger partial charge in [-0.2, -0.15) is 5.10 Å². The highest BCUT2D eigenvalue weighted by molar-refractivity contribution is 6.30. The molecule has 0 atom stereocenters. The van der Waals surface area contributed by atoms with Crippen LogP contribution in [0.3, 0.4) is 0 Å². The van der Waals surface area contributed by atoms with Crippen LogP contribution in [0.4, 0.5) is 0 Å². The number of H-pyrrole nitrogens is 1. The molecule has 2 amide bonds. The molecule has 0 aliphatic carbocycles. The second-order valence-electron chi connectivity index (χ2n) is 7.64. The predicted molar refractivity (Wildman–Crippen MR) is 119 cm³/mol. The van der Waals surface area contributed by atoms with E-state index in [0.29, 0.717) is 48.9 Å². The van der Waals surface area contributed by atoms with Crippen molar-refractivity contribution >= 4 is 23.4 Å². The molecule has 2 aromatic heterocycles. The summed E-state index contributed by atoms with van der Waals surface area (Å²) in [4.78, 5) is 31.1. The lowest BCUT2D eigenvalue weighted by Crippen LogP contribution is -2.43. The van der Waals surface area contributed by atoms with E-state index in [-0.39, 0.29) is 17.7 Å². The van der Waals surface area contributed by atoms with E-state index in [0.717, 1.165) is 17.5 Å². The van der Waals surface area contributed by atoms with Gasteiger partial charge in [-0.15, -0.1) is 0 Å². The molecule has 1 fully saturated rings. The molecule has 2 N–H and O–H groups in total. The maximum Gasteiger partial charge on any atom is 0.271 e. The molecule has 0 bridgehead atoms. The Bertz CT molecular complexity index is 1030. The summed E-state index contributed by atoms with van der Waals surface area (Å²) in [7, 11) is 0. The molecule has 1 aliphatic rings. The lowest BCUT2D eigenvalue weighted by molar-refractivity contribution is -0.126. The van der Waals surface area contributed by atoms with E-state index in [1.807, 2.05) is 36.4 Å². The number of carbonyl (C=O) groups is 2. The molecule has 1 aliphatic heterocycles. The number of amides is 2. The number of benzene rings is 1. The zero-order valence-electron chi connectivity index (χ0n) is 17.1. The number of hydrogen-bond acceptors (Lipinski definition) is 4. The molecule has 0 radical (unpaired) electrons. The van der Waals surface area contributed by atoms with Crippen molar-refractivity contribution < 1.29 is 9.59 Å². The summed E-state index contributed by atoms with van der Waals surface area (Å²) in [5, 5.41) is 10.8. The number of aromatic nitrogens is 3. The number of carbonyl (C=O) groups excluding carboxylic acids is 2. The first-order valence-corrected chi connectivity index (χ1v) is 10.7. The first-order chi connectivity index (χ1) is 15.1. The van der Waals surface area contributed by atoms with Crippen molar-refractivity contribution in [3.05, 3.63) is 71.1 Å². The molecular weight excluding hydrogens is 414 g/mol. The molecule has 4 rings (SSSR count). The normalized spacial score (nSPS) is 14.4. The summed E-state index contributed by atoms with van der Waals surface area (Å²) in [6, 6.07) is 13.1. The lowest BCUT2D eigenvalue weighted by Gasteiger charge is -2.31. The van der Waals surface area contributed by atoms with Crippen LogP contribution in [0.1, 0.15) is 28.9 Å². The molecule has 3 aromatic rings. The van der Waals surface area contributed by atoms with E-state index in [2.05, 4.69) is 20.5 Å². The zero-order chi connectivity index (χ0) is 21.6. The Hall–Kier alpha value is -3.19. The van der Waals surface area contributed by atoms with E-state index >= 15 is 0 Å². The Kier molecular flexibility index (Phi) is 6.62. The van der Waals surface area contributed by atoms with Gasteiger partial charge in [-0.1, -0.05) is 23.7 Å². The largest absolute Gasteiger partial charge is 0.356 e. The van der Waals surface area contributed by atoms with Gasteiger partial charge in [0.15, 0.2) is 0 Å². The third-order valence-electron chi connectivity index (χ3n) is 5.54. The highest BCUT2D eigenvalue weighted by atomic mass is 35.5. The third kappa shape index (κ3) is 5.30. The first kappa shape index (κ1) is 21.1. The third-order valence-corrected chi connectivity index (χ3v) is 5.80. The first-order valence-electron chi connectivity index (χ1n) is 10.4. The highest BCUT2D eigenvalue weighted by Crippen LogP contribution is 2.21. The molecule has 7 nitrogen and oxygen atoms in total. The Morgan fingerprint density at radius 1 is 1.16 bits per heavy atom. The average Bonchev–Trinajstić information content (AvgIpc) is 3.31. The van der Waals surface area contributed by atoms with Gasteiger partial charge in [0.25, 0.3) is 5.91 Å². The van der Waals surface area contributed by atoms with Crippen molar-refractivity contribution in [3.8, 4) is 11.3 Å². The number of rotatable bonds is 6. The quantitative estimate of drug-likeness (QED) is 0.618. The van der Waals surface area contributed by atoms with Crippen LogP contribution in [0.15, 0.2) is 54.9 Å². The van der Waals surface area contributed by atoms with Gasteiger partial charge in [-0.25, -0.2) is 0 Å². The number of nitrogens with one attached hydrogen (secondary N) is 2. The number of nitrogens with zero attached hydrogens (tertiary/aromatic N) is 3. The van der Waals surface area contributed by atoms with Crippen LogP contribution in [0.5, 0.6) is 0 Å². The van der Waals surface area contributed by atoms with Crippen molar-refractivity contribution in [2.45, 2.75) is 19.3 Å². The number of halogens is 1. The maximum absolute atomic E-state index is 12.8. The minimum Gasteiger partial charge on any atom is -0.356 e. The second kappa shape index (κ2) is 9.75. The Morgan fingerprint density at radius 2 is 1.94 bits per heavy atom. The lowest BCUT2D eigenvalue weighted by atomic mass is 9.95. The van der Waals surface area contributed by atoms with Crippen LogP contribution in [0.2, 0.25) is 5.02 Å². The van der Waals surface area contributed by atoms with Crippen LogP contribution >= 0.6 is 11.6 Å². The monoisotopic (exact) mass is 437 g/mol. The van der Waals surface area contributed by atoms with Crippen LogP contribution < -0.4 is 5.32 Å². The summed E-state index contributed by atoms with van der Waals surface area (Å²) >= 11 is 5.89. The van der Waals surface area contributed by atoms with Crippen molar-refractivity contribution in [1.82, 2.24) is 25.4 Å². The van der Waals surface area contributed by atoms with Gasteiger partial charge >= 0.3 is 0 Å². The minimum absolute atomic E-state index is 0.0569. The molecule has 160 valence electrons. The van der Waals surface area contributed by atoms with Gasteiger partial charge in [0.05, 0.1) is 5.69 Å². The molecule has 0 saturated carbocycles. The summed E-state index contributed by atoms with van der Waals surface area (Å²) in [6.07, 6.45) is 5.48. The molecule has 8 heteroatoms. The summed E-state index contributed by atoms with van der Waals surface area (Å²) < 4.78 is 0.